The molecule has 0 aliphatic carbocycles. The summed E-state index contributed by atoms with van der Waals surface area (Å²) in [7, 11) is 0. The fourth-order valence-corrected chi connectivity index (χ4v) is 1.32. The summed E-state index contributed by atoms with van der Waals surface area (Å²) in [6.45, 7) is 4.07. The van der Waals surface area contributed by atoms with Gasteiger partial charge in [-0.25, -0.2) is 4.79 Å². The van der Waals surface area contributed by atoms with Gasteiger partial charge in [-0.15, -0.1) is 0 Å². The van der Waals surface area contributed by atoms with Crippen LogP contribution in [-0.2, 0) is 9.47 Å². The molecule has 1 saturated heterocycles. The Morgan fingerprint density at radius 1 is 1.29 bits per heavy atom. The number of rotatable bonds is 4. The maximum atomic E-state index is 10.6. The molecular formula is C11H16O3. The Morgan fingerprint density at radius 2 is 2.00 bits per heavy atom. The molecular weight excluding hydrogens is 180 g/mol. The highest BCUT2D eigenvalue weighted by Gasteiger charge is 2.46. The maximum Gasteiger partial charge on any atom is 0.516 e. The van der Waals surface area contributed by atoms with E-state index in [1.54, 1.807) is 0 Å². The third-order valence-corrected chi connectivity index (χ3v) is 2.06. The molecule has 78 valence electrons. The number of hydrogen-bond acceptors (Lipinski definition) is 3. The van der Waals surface area contributed by atoms with Gasteiger partial charge in [0.15, 0.2) is 0 Å². The molecule has 0 unspecified atom stereocenters. The summed E-state index contributed by atoms with van der Waals surface area (Å²) in [5.74, 6) is 4.83. The second kappa shape index (κ2) is 4.90. The van der Waals surface area contributed by atoms with Gasteiger partial charge in [0.2, 0.25) is 0 Å². The van der Waals surface area contributed by atoms with E-state index in [4.69, 9.17) is 9.47 Å². The van der Waals surface area contributed by atoms with Gasteiger partial charge in [0, 0.05) is 12.8 Å². The lowest BCUT2D eigenvalue weighted by molar-refractivity contribution is -0.237. The minimum absolute atomic E-state index is 0.605. The second-order valence-corrected chi connectivity index (χ2v) is 3.32. The summed E-state index contributed by atoms with van der Waals surface area (Å²) in [6.07, 6.45) is 4.03. The summed E-state index contributed by atoms with van der Waals surface area (Å²) in [5.41, 5.74) is 0. The molecule has 0 aromatic heterocycles. The molecule has 0 N–H and O–H groups in total. The van der Waals surface area contributed by atoms with Crippen LogP contribution in [0.5, 0.6) is 0 Å². The lowest BCUT2D eigenvalue weighted by atomic mass is 10.1. The first-order valence-corrected chi connectivity index (χ1v) is 5.14. The fourth-order valence-electron chi connectivity index (χ4n) is 1.32. The van der Waals surface area contributed by atoms with Crippen molar-refractivity contribution in [3.63, 3.8) is 0 Å². The zero-order chi connectivity index (χ0) is 10.4. The quantitative estimate of drug-likeness (QED) is 0.394. The van der Waals surface area contributed by atoms with Gasteiger partial charge in [0.1, 0.15) is 0 Å². The van der Waals surface area contributed by atoms with Crippen LogP contribution in [0.3, 0.4) is 0 Å². The van der Waals surface area contributed by atoms with Gasteiger partial charge in [0.05, 0.1) is 0 Å². The van der Waals surface area contributed by atoms with Gasteiger partial charge in [-0.1, -0.05) is 32.6 Å². The first-order valence-electron chi connectivity index (χ1n) is 5.14. The minimum atomic E-state index is -0.914. The van der Waals surface area contributed by atoms with Gasteiger partial charge in [-0.05, 0) is 12.3 Å². The summed E-state index contributed by atoms with van der Waals surface area (Å²) in [5, 5.41) is 0. The second-order valence-electron chi connectivity index (χ2n) is 3.32. The third kappa shape index (κ3) is 2.66. The van der Waals surface area contributed by atoms with E-state index < -0.39 is 11.9 Å². The monoisotopic (exact) mass is 196 g/mol. The number of carbonyl (C=O) groups is 1. The zero-order valence-corrected chi connectivity index (χ0v) is 8.76. The Hall–Kier alpha value is -1.17. The number of hydrogen-bond donors (Lipinski definition) is 0. The molecule has 0 amide bonds. The standard InChI is InChI=1S/C11H16O3/c1-3-5-7-9-11(8-6-4-2)13-10(12)14-11/h3-5,7,9H2,1-2H3. The fraction of sp³-hybridized carbons (Fsp3) is 0.727. The van der Waals surface area contributed by atoms with Crippen molar-refractivity contribution in [2.45, 2.75) is 51.7 Å². The predicted octanol–water partition coefficient (Wildman–Crippen LogP) is 2.84. The average Bonchev–Trinajstić information content (AvgIpc) is 2.12. The number of ether oxygens (including phenoxy) is 2. The molecule has 0 aromatic carbocycles. The van der Waals surface area contributed by atoms with Crippen molar-refractivity contribution < 1.29 is 14.3 Å². The van der Waals surface area contributed by atoms with Crippen LogP contribution < -0.4 is 0 Å². The van der Waals surface area contributed by atoms with Crippen LogP contribution in [-0.4, -0.2) is 11.9 Å². The first kappa shape index (κ1) is 10.9. The molecule has 1 aliphatic rings. The van der Waals surface area contributed by atoms with E-state index in [1.165, 1.54) is 0 Å². The Kier molecular flexibility index (Phi) is 3.82. The van der Waals surface area contributed by atoms with Crippen molar-refractivity contribution in [3.8, 4) is 11.8 Å². The van der Waals surface area contributed by atoms with Gasteiger partial charge in [0.25, 0.3) is 0 Å². The Morgan fingerprint density at radius 3 is 2.50 bits per heavy atom. The van der Waals surface area contributed by atoms with Gasteiger partial charge in [-0.2, -0.15) is 0 Å². The normalized spacial score (nSPS) is 17.1. The molecule has 14 heavy (non-hydrogen) atoms. The summed E-state index contributed by atoms with van der Waals surface area (Å²) in [4.78, 5) is 10.6. The van der Waals surface area contributed by atoms with Gasteiger partial charge < -0.3 is 9.47 Å². The molecule has 1 fully saturated rings. The van der Waals surface area contributed by atoms with E-state index in [0.717, 1.165) is 25.7 Å². The van der Waals surface area contributed by atoms with Crippen LogP contribution >= 0.6 is 0 Å². The van der Waals surface area contributed by atoms with E-state index in [1.807, 2.05) is 6.92 Å². The minimum Gasteiger partial charge on any atom is -0.379 e. The van der Waals surface area contributed by atoms with Crippen molar-refractivity contribution in [1.82, 2.24) is 0 Å². The van der Waals surface area contributed by atoms with Crippen molar-refractivity contribution in [1.29, 1.82) is 0 Å². The molecule has 0 bridgehead atoms. The highest BCUT2D eigenvalue weighted by molar-refractivity contribution is 5.67. The topological polar surface area (TPSA) is 35.5 Å². The highest BCUT2D eigenvalue weighted by Crippen LogP contribution is 2.30. The van der Waals surface area contributed by atoms with E-state index in [2.05, 4.69) is 18.8 Å². The molecule has 0 radical (unpaired) electrons. The Balaban J connectivity index is 2.43. The van der Waals surface area contributed by atoms with Crippen LogP contribution in [0.2, 0.25) is 0 Å². The van der Waals surface area contributed by atoms with E-state index in [0.29, 0.717) is 6.42 Å². The first-order chi connectivity index (χ1) is 6.72. The SMILES string of the molecule is CCC#CC1(CCCCC)OC(=O)O1. The van der Waals surface area contributed by atoms with E-state index in [-0.39, 0.29) is 0 Å². The molecule has 1 rings (SSSR count). The van der Waals surface area contributed by atoms with Crippen molar-refractivity contribution in [3.05, 3.63) is 0 Å². The zero-order valence-electron chi connectivity index (χ0n) is 8.76. The van der Waals surface area contributed by atoms with Crippen LogP contribution in [0.15, 0.2) is 0 Å². The number of carbonyl (C=O) groups excluding carboxylic acids is 1. The Labute approximate surface area is 84.8 Å². The van der Waals surface area contributed by atoms with Crippen LogP contribution in [0, 0.1) is 11.8 Å². The van der Waals surface area contributed by atoms with E-state index >= 15 is 0 Å². The van der Waals surface area contributed by atoms with Gasteiger partial charge >= 0.3 is 11.9 Å². The number of unbranched alkanes of at least 4 members (excludes halogenated alkanes) is 2. The molecule has 3 heteroatoms. The van der Waals surface area contributed by atoms with Gasteiger partial charge in [-0.3, -0.25) is 0 Å². The summed E-state index contributed by atoms with van der Waals surface area (Å²) < 4.78 is 9.88. The highest BCUT2D eigenvalue weighted by atomic mass is 16.9. The summed E-state index contributed by atoms with van der Waals surface area (Å²) >= 11 is 0. The Bertz CT molecular complexity index is 251. The van der Waals surface area contributed by atoms with Crippen LogP contribution in [0.1, 0.15) is 46.0 Å². The van der Waals surface area contributed by atoms with Crippen molar-refractivity contribution in [2.75, 3.05) is 0 Å². The molecule has 0 atom stereocenters. The third-order valence-electron chi connectivity index (χ3n) is 2.06. The smallest absolute Gasteiger partial charge is 0.379 e. The van der Waals surface area contributed by atoms with Crippen molar-refractivity contribution >= 4 is 6.16 Å². The molecule has 3 nitrogen and oxygen atoms in total. The molecule has 0 aromatic rings. The lowest BCUT2D eigenvalue weighted by Crippen LogP contribution is -2.49. The largest absolute Gasteiger partial charge is 0.516 e. The maximum absolute atomic E-state index is 10.6. The van der Waals surface area contributed by atoms with Crippen LogP contribution in [0.25, 0.3) is 0 Å². The molecule has 1 heterocycles. The molecule has 0 spiro atoms. The average molecular weight is 196 g/mol. The lowest BCUT2D eigenvalue weighted by Gasteiger charge is -2.35. The summed E-state index contributed by atoms with van der Waals surface area (Å²) in [6, 6.07) is 0. The van der Waals surface area contributed by atoms with E-state index in [9.17, 15) is 4.79 Å². The predicted molar refractivity (Wildman–Crippen MR) is 52.5 cm³/mol. The van der Waals surface area contributed by atoms with Crippen molar-refractivity contribution in [2.24, 2.45) is 0 Å². The number of cyclic esters (lactones) is 2. The van der Waals surface area contributed by atoms with Crippen LogP contribution in [0.4, 0.5) is 4.79 Å². The molecule has 1 aliphatic heterocycles. The molecule has 0 saturated carbocycles.